The van der Waals surface area contributed by atoms with Gasteiger partial charge in [0.05, 0.1) is 11.9 Å². The van der Waals surface area contributed by atoms with Crippen molar-refractivity contribution < 1.29 is 14.3 Å². The number of nitrogens with zero attached hydrogens (tertiary/aromatic N) is 3. The van der Waals surface area contributed by atoms with Gasteiger partial charge in [-0.3, -0.25) is 13.9 Å². The van der Waals surface area contributed by atoms with Gasteiger partial charge in [0.2, 0.25) is 0 Å². The number of amides is 3. The van der Waals surface area contributed by atoms with Gasteiger partial charge in [0.25, 0.3) is 5.56 Å². The van der Waals surface area contributed by atoms with Crippen LogP contribution in [-0.2, 0) is 17.8 Å². The molecular weight excluding hydrogens is 434 g/mol. The van der Waals surface area contributed by atoms with E-state index in [1.807, 2.05) is 13.8 Å². The van der Waals surface area contributed by atoms with E-state index in [1.54, 1.807) is 32.3 Å². The van der Waals surface area contributed by atoms with Crippen LogP contribution in [0.5, 0.6) is 0 Å². The predicted octanol–water partition coefficient (Wildman–Crippen LogP) is 2.84. The number of primary amides is 1. The SMILES string of the molecule is CCCn1c(=O)n([C@H]2C[C@@H]2C)c(=O)c2c(C)c(CN(NC(=O)OC(C)(C)C)C(N)=O)sc21. The first-order valence-corrected chi connectivity index (χ1v) is 11.5. The maximum absolute atomic E-state index is 13.3. The van der Waals surface area contributed by atoms with Crippen molar-refractivity contribution >= 4 is 33.7 Å². The zero-order valence-corrected chi connectivity index (χ0v) is 20.2. The van der Waals surface area contributed by atoms with E-state index in [4.69, 9.17) is 10.5 Å². The van der Waals surface area contributed by atoms with Crippen molar-refractivity contribution in [3.63, 3.8) is 0 Å². The number of hydrazine groups is 1. The number of fused-ring (bicyclic) bond motifs is 1. The normalized spacial score (nSPS) is 17.9. The van der Waals surface area contributed by atoms with Gasteiger partial charge in [-0.15, -0.1) is 11.3 Å². The van der Waals surface area contributed by atoms with Crippen LogP contribution >= 0.6 is 11.3 Å². The van der Waals surface area contributed by atoms with Crippen LogP contribution in [0.25, 0.3) is 10.2 Å². The van der Waals surface area contributed by atoms with E-state index in [0.29, 0.717) is 27.2 Å². The van der Waals surface area contributed by atoms with E-state index in [9.17, 15) is 19.2 Å². The zero-order valence-electron chi connectivity index (χ0n) is 19.4. The molecule has 2 aromatic rings. The first-order chi connectivity index (χ1) is 14.9. The number of carbonyl (C=O) groups is 2. The van der Waals surface area contributed by atoms with Crippen molar-refractivity contribution in [2.75, 3.05) is 0 Å². The number of carbonyl (C=O) groups excluding carboxylic acids is 2. The molecule has 2 aromatic heterocycles. The minimum absolute atomic E-state index is 0.0562. The molecule has 1 fully saturated rings. The molecule has 1 aliphatic rings. The molecule has 3 N–H and O–H groups in total. The van der Waals surface area contributed by atoms with Gasteiger partial charge in [0, 0.05) is 17.5 Å². The maximum atomic E-state index is 13.3. The lowest BCUT2D eigenvalue weighted by molar-refractivity contribution is 0.0376. The zero-order chi connectivity index (χ0) is 24.0. The lowest BCUT2D eigenvalue weighted by Crippen LogP contribution is -2.49. The number of nitrogens with one attached hydrogen (secondary N) is 1. The van der Waals surface area contributed by atoms with Crippen molar-refractivity contribution in [3.8, 4) is 0 Å². The summed E-state index contributed by atoms with van der Waals surface area (Å²) < 4.78 is 8.21. The summed E-state index contributed by atoms with van der Waals surface area (Å²) in [4.78, 5) is 51.7. The summed E-state index contributed by atoms with van der Waals surface area (Å²) in [6, 6.07) is -0.955. The number of aryl methyl sites for hydroxylation is 2. The van der Waals surface area contributed by atoms with E-state index in [0.717, 1.165) is 17.9 Å². The van der Waals surface area contributed by atoms with Gasteiger partial charge in [0.1, 0.15) is 10.4 Å². The highest BCUT2D eigenvalue weighted by atomic mass is 32.1. The van der Waals surface area contributed by atoms with Gasteiger partial charge in [-0.05, 0) is 52.0 Å². The third kappa shape index (κ3) is 4.67. The summed E-state index contributed by atoms with van der Waals surface area (Å²) in [5.41, 5.74) is 7.13. The van der Waals surface area contributed by atoms with Gasteiger partial charge in [0.15, 0.2) is 0 Å². The minimum Gasteiger partial charge on any atom is -0.443 e. The molecule has 10 nitrogen and oxygen atoms in total. The summed E-state index contributed by atoms with van der Waals surface area (Å²) in [7, 11) is 0. The molecule has 0 bridgehead atoms. The van der Waals surface area contributed by atoms with Crippen LogP contribution in [0.1, 0.15) is 63.9 Å². The Morgan fingerprint density at radius 1 is 1.31 bits per heavy atom. The molecule has 176 valence electrons. The number of urea groups is 1. The molecule has 1 aliphatic carbocycles. The number of thiophene rings is 1. The Labute approximate surface area is 189 Å². The highest BCUT2D eigenvalue weighted by Crippen LogP contribution is 2.41. The molecule has 3 rings (SSSR count). The largest absolute Gasteiger partial charge is 0.443 e. The van der Waals surface area contributed by atoms with Crippen molar-refractivity contribution in [2.45, 2.75) is 79.1 Å². The number of hydrogen-bond acceptors (Lipinski definition) is 6. The third-order valence-electron chi connectivity index (χ3n) is 5.38. The van der Waals surface area contributed by atoms with Gasteiger partial charge >= 0.3 is 17.8 Å². The van der Waals surface area contributed by atoms with Crippen LogP contribution in [0.2, 0.25) is 0 Å². The Kier molecular flexibility index (Phi) is 6.41. The molecule has 3 amide bonds. The van der Waals surface area contributed by atoms with Crippen LogP contribution in [0.3, 0.4) is 0 Å². The van der Waals surface area contributed by atoms with Crippen molar-refractivity contribution in [3.05, 3.63) is 31.3 Å². The van der Waals surface area contributed by atoms with Crippen molar-refractivity contribution in [1.82, 2.24) is 19.6 Å². The lowest BCUT2D eigenvalue weighted by Gasteiger charge is -2.24. The molecule has 2 atom stereocenters. The average molecular weight is 466 g/mol. The molecule has 1 saturated carbocycles. The van der Waals surface area contributed by atoms with Gasteiger partial charge < -0.3 is 10.5 Å². The minimum atomic E-state index is -0.872. The fourth-order valence-electron chi connectivity index (χ4n) is 3.66. The summed E-state index contributed by atoms with van der Waals surface area (Å²) in [6.45, 7) is 11.3. The molecule has 32 heavy (non-hydrogen) atoms. The fourth-order valence-corrected chi connectivity index (χ4v) is 4.97. The average Bonchev–Trinajstić information content (AvgIpc) is 3.27. The molecule has 11 heteroatoms. The number of nitrogens with two attached hydrogens (primary N) is 1. The third-order valence-corrected chi connectivity index (χ3v) is 6.68. The second-order valence-corrected chi connectivity index (χ2v) is 10.3. The Morgan fingerprint density at radius 2 is 1.94 bits per heavy atom. The summed E-state index contributed by atoms with van der Waals surface area (Å²) in [5, 5.41) is 1.41. The Bertz CT molecular complexity index is 1170. The smallest absolute Gasteiger partial charge is 0.426 e. The standard InChI is InChI=1S/C21H31N5O5S/c1-7-8-24-17-15(16(27)26(20(24)30)13-9-11(13)2)12(3)14(32-17)10-25(18(22)28)23-19(29)31-21(4,5)6/h11,13H,7-10H2,1-6H3,(H2,22,28)(H,23,29)/t11-,13-/m0/s1. The van der Waals surface area contributed by atoms with Crippen LogP contribution in [0.15, 0.2) is 9.59 Å². The van der Waals surface area contributed by atoms with E-state index < -0.39 is 17.7 Å². The highest BCUT2D eigenvalue weighted by molar-refractivity contribution is 7.18. The number of hydrogen-bond donors (Lipinski definition) is 2. The number of ether oxygens (including phenoxy) is 1. The lowest BCUT2D eigenvalue weighted by atomic mass is 10.2. The first kappa shape index (κ1) is 23.8. The maximum Gasteiger partial charge on any atom is 0.426 e. The van der Waals surface area contributed by atoms with E-state index >= 15 is 0 Å². The monoisotopic (exact) mass is 465 g/mol. The summed E-state index contributed by atoms with van der Waals surface area (Å²) in [5.74, 6) is 0.287. The topological polar surface area (TPSA) is 129 Å². The fraction of sp³-hybridized carbons (Fsp3) is 0.619. The van der Waals surface area contributed by atoms with Gasteiger partial charge in [-0.25, -0.2) is 24.8 Å². The van der Waals surface area contributed by atoms with Crippen LogP contribution < -0.4 is 22.4 Å². The highest BCUT2D eigenvalue weighted by Gasteiger charge is 2.38. The van der Waals surface area contributed by atoms with Crippen molar-refractivity contribution in [2.24, 2.45) is 11.7 Å². The second kappa shape index (κ2) is 8.61. The second-order valence-electron chi connectivity index (χ2n) is 9.26. The predicted molar refractivity (Wildman–Crippen MR) is 123 cm³/mol. The molecular formula is C21H31N5O5S. The van der Waals surface area contributed by atoms with E-state index in [1.165, 1.54) is 15.9 Å². The van der Waals surface area contributed by atoms with Crippen molar-refractivity contribution in [1.29, 1.82) is 0 Å². The molecule has 0 saturated heterocycles. The quantitative estimate of drug-likeness (QED) is 0.656. The Morgan fingerprint density at radius 3 is 2.44 bits per heavy atom. The molecule has 2 heterocycles. The molecule has 0 radical (unpaired) electrons. The van der Waals surface area contributed by atoms with Crippen LogP contribution in [0, 0.1) is 12.8 Å². The number of rotatable bonds is 5. The Hall–Kier alpha value is -2.82. The van der Waals surface area contributed by atoms with E-state index in [2.05, 4.69) is 5.43 Å². The molecule has 0 aliphatic heterocycles. The van der Waals surface area contributed by atoms with Gasteiger partial charge in [-0.1, -0.05) is 13.8 Å². The summed E-state index contributed by atoms with van der Waals surface area (Å²) in [6.07, 6.45) is 0.717. The summed E-state index contributed by atoms with van der Waals surface area (Å²) >= 11 is 1.25. The van der Waals surface area contributed by atoms with Crippen LogP contribution in [0.4, 0.5) is 9.59 Å². The Balaban J connectivity index is 2.05. The molecule has 0 unspecified atom stereocenters. The molecule has 0 spiro atoms. The van der Waals surface area contributed by atoms with Gasteiger partial charge in [-0.2, -0.15) is 0 Å². The molecule has 0 aromatic carbocycles. The van der Waals surface area contributed by atoms with Crippen LogP contribution in [-0.4, -0.2) is 31.9 Å². The first-order valence-electron chi connectivity index (χ1n) is 10.7. The number of aromatic nitrogens is 2. The van der Waals surface area contributed by atoms with E-state index in [-0.39, 0.29) is 29.8 Å².